The number of nitro benzene ring substituents is 1. The van der Waals surface area contributed by atoms with E-state index in [0.29, 0.717) is 22.1 Å². The van der Waals surface area contributed by atoms with Crippen LogP contribution in [0, 0.1) is 10.1 Å². The lowest BCUT2D eigenvalue weighted by atomic mass is 10.2. The van der Waals surface area contributed by atoms with Gasteiger partial charge in [-0.15, -0.1) is 0 Å². The van der Waals surface area contributed by atoms with Crippen molar-refractivity contribution in [3.05, 3.63) is 87.1 Å². The van der Waals surface area contributed by atoms with Gasteiger partial charge in [-0.25, -0.2) is 8.42 Å². The number of benzene rings is 2. The van der Waals surface area contributed by atoms with Gasteiger partial charge in [0.2, 0.25) is 10.0 Å². The molecule has 9 heteroatoms. The van der Waals surface area contributed by atoms with Gasteiger partial charge in [-0.1, -0.05) is 23.7 Å². The van der Waals surface area contributed by atoms with Crippen molar-refractivity contribution in [3.8, 4) is 11.3 Å². The minimum Gasteiger partial charge on any atom is -0.460 e. The third-order valence-corrected chi connectivity index (χ3v) is 6.17. The molecular weight excluding hydrogens is 404 g/mol. The number of halogens is 1. The van der Waals surface area contributed by atoms with Crippen molar-refractivity contribution in [3.63, 3.8) is 0 Å². The van der Waals surface area contributed by atoms with E-state index in [0.717, 1.165) is 5.56 Å². The molecule has 0 aliphatic rings. The Morgan fingerprint density at radius 3 is 2.29 bits per heavy atom. The third-order valence-electron chi connectivity index (χ3n) is 4.14. The van der Waals surface area contributed by atoms with E-state index in [1.54, 1.807) is 24.3 Å². The van der Waals surface area contributed by atoms with E-state index in [-0.39, 0.29) is 18.0 Å². The fourth-order valence-corrected chi connectivity index (χ4v) is 3.87. The van der Waals surface area contributed by atoms with Crippen LogP contribution in [0.5, 0.6) is 0 Å². The average Bonchev–Trinajstić information content (AvgIpc) is 3.11. The van der Waals surface area contributed by atoms with Crippen molar-refractivity contribution in [2.24, 2.45) is 0 Å². The fraction of sp³-hybridized carbons (Fsp3) is 0.158. The molecule has 3 aromatic rings. The van der Waals surface area contributed by atoms with E-state index in [1.165, 1.54) is 35.6 Å². The second-order valence-corrected chi connectivity index (χ2v) is 8.72. The third kappa shape index (κ3) is 4.78. The van der Waals surface area contributed by atoms with E-state index >= 15 is 0 Å². The first-order valence-electron chi connectivity index (χ1n) is 8.26. The quantitative estimate of drug-likeness (QED) is 0.415. The van der Waals surface area contributed by atoms with Crippen LogP contribution in [0.4, 0.5) is 5.69 Å². The Morgan fingerprint density at radius 2 is 1.68 bits per heavy atom. The van der Waals surface area contributed by atoms with Crippen LogP contribution in [0.2, 0.25) is 5.02 Å². The summed E-state index contributed by atoms with van der Waals surface area (Å²) in [6.45, 7) is 0.0723. The molecule has 3 rings (SSSR count). The molecule has 0 amide bonds. The number of nitro groups is 1. The Balaban J connectivity index is 1.68. The zero-order valence-corrected chi connectivity index (χ0v) is 16.5. The SMILES string of the molecule is CN(Cc1ccc(-c2ccc(Cl)cc2)o1)S(=O)(=O)Cc1ccc([N+](=O)[O-])cc1. The standard InChI is InChI=1S/C19H17ClN2O5S/c1-21(28(25,26)13-14-2-8-17(9-3-14)22(23)24)12-18-10-11-19(27-18)15-4-6-16(20)7-5-15/h2-11H,12-13H2,1H3. The number of rotatable bonds is 7. The molecular formula is C19H17ClN2O5S. The summed E-state index contributed by atoms with van der Waals surface area (Å²) in [5.74, 6) is 0.860. The zero-order chi connectivity index (χ0) is 20.3. The van der Waals surface area contributed by atoms with Crippen LogP contribution in [0.1, 0.15) is 11.3 Å². The highest BCUT2D eigenvalue weighted by molar-refractivity contribution is 7.88. The summed E-state index contributed by atoms with van der Waals surface area (Å²) in [5, 5.41) is 11.3. The Kier molecular flexibility index (Phi) is 5.83. The van der Waals surface area contributed by atoms with Crippen molar-refractivity contribution >= 4 is 27.3 Å². The lowest BCUT2D eigenvalue weighted by molar-refractivity contribution is -0.384. The minimum absolute atomic E-state index is 0.0723. The summed E-state index contributed by atoms with van der Waals surface area (Å²) in [5.41, 5.74) is 1.23. The topological polar surface area (TPSA) is 93.7 Å². The van der Waals surface area contributed by atoms with Gasteiger partial charge < -0.3 is 4.42 Å². The Hall–Kier alpha value is -2.68. The van der Waals surface area contributed by atoms with Gasteiger partial charge in [-0.05, 0) is 42.0 Å². The van der Waals surface area contributed by atoms with Crippen LogP contribution in [-0.4, -0.2) is 24.7 Å². The van der Waals surface area contributed by atoms with Gasteiger partial charge in [0.25, 0.3) is 5.69 Å². The van der Waals surface area contributed by atoms with E-state index < -0.39 is 14.9 Å². The molecule has 28 heavy (non-hydrogen) atoms. The largest absolute Gasteiger partial charge is 0.460 e. The van der Waals surface area contributed by atoms with Gasteiger partial charge in [0.15, 0.2) is 0 Å². The number of non-ortho nitro benzene ring substituents is 1. The normalized spacial score (nSPS) is 11.7. The molecule has 1 heterocycles. The molecule has 0 atom stereocenters. The van der Waals surface area contributed by atoms with Crippen LogP contribution in [0.15, 0.2) is 65.1 Å². The van der Waals surface area contributed by atoms with Crippen LogP contribution >= 0.6 is 11.6 Å². The first kappa shape index (κ1) is 20.1. The molecule has 0 N–H and O–H groups in total. The smallest absolute Gasteiger partial charge is 0.269 e. The highest BCUT2D eigenvalue weighted by atomic mass is 35.5. The first-order valence-corrected chi connectivity index (χ1v) is 10.3. The fourth-order valence-electron chi connectivity index (χ4n) is 2.58. The van der Waals surface area contributed by atoms with Gasteiger partial charge in [0.05, 0.1) is 17.2 Å². The Labute approximate surface area is 167 Å². The summed E-state index contributed by atoms with van der Waals surface area (Å²) < 4.78 is 32.1. The van der Waals surface area contributed by atoms with Gasteiger partial charge in [-0.2, -0.15) is 4.31 Å². The van der Waals surface area contributed by atoms with Crippen LogP contribution in [0.25, 0.3) is 11.3 Å². The van der Waals surface area contributed by atoms with E-state index in [4.69, 9.17) is 16.0 Å². The van der Waals surface area contributed by atoms with Gasteiger partial charge in [0.1, 0.15) is 11.5 Å². The molecule has 146 valence electrons. The van der Waals surface area contributed by atoms with E-state index in [1.807, 2.05) is 12.1 Å². The van der Waals surface area contributed by atoms with Crippen molar-refractivity contribution < 1.29 is 17.8 Å². The van der Waals surface area contributed by atoms with Crippen molar-refractivity contribution in [2.75, 3.05) is 7.05 Å². The predicted octanol–water partition coefficient (Wildman–Crippen LogP) is 4.47. The molecule has 0 saturated carbocycles. The molecule has 0 fully saturated rings. The number of nitrogens with zero attached hydrogens (tertiary/aromatic N) is 2. The van der Waals surface area contributed by atoms with Crippen LogP contribution < -0.4 is 0 Å². The number of hydrogen-bond acceptors (Lipinski definition) is 5. The molecule has 0 unspecified atom stereocenters. The number of furan rings is 1. The summed E-state index contributed by atoms with van der Waals surface area (Å²) >= 11 is 5.88. The Bertz CT molecular complexity index is 1080. The van der Waals surface area contributed by atoms with Gasteiger partial charge in [-0.3, -0.25) is 10.1 Å². The summed E-state index contributed by atoms with van der Waals surface area (Å²) in [6, 6.07) is 16.1. The van der Waals surface area contributed by atoms with E-state index in [9.17, 15) is 18.5 Å². The monoisotopic (exact) mass is 420 g/mol. The summed E-state index contributed by atoms with van der Waals surface area (Å²) in [7, 11) is -2.16. The molecule has 0 aliphatic carbocycles. The highest BCUT2D eigenvalue weighted by Gasteiger charge is 2.21. The molecule has 2 aromatic carbocycles. The number of hydrogen-bond donors (Lipinski definition) is 0. The second-order valence-electron chi connectivity index (χ2n) is 6.21. The summed E-state index contributed by atoms with van der Waals surface area (Å²) in [4.78, 5) is 10.2. The molecule has 0 spiro atoms. The van der Waals surface area contributed by atoms with Crippen molar-refractivity contribution in [1.29, 1.82) is 0 Å². The molecule has 0 aliphatic heterocycles. The van der Waals surface area contributed by atoms with Crippen LogP contribution in [-0.2, 0) is 22.3 Å². The molecule has 0 radical (unpaired) electrons. The molecule has 7 nitrogen and oxygen atoms in total. The minimum atomic E-state index is -3.62. The van der Waals surface area contributed by atoms with Crippen LogP contribution in [0.3, 0.4) is 0 Å². The predicted molar refractivity (Wildman–Crippen MR) is 106 cm³/mol. The summed E-state index contributed by atoms with van der Waals surface area (Å²) in [6.07, 6.45) is 0. The molecule has 0 bridgehead atoms. The van der Waals surface area contributed by atoms with Crippen molar-refractivity contribution in [2.45, 2.75) is 12.3 Å². The maximum Gasteiger partial charge on any atom is 0.269 e. The first-order chi connectivity index (χ1) is 13.2. The lowest BCUT2D eigenvalue weighted by Gasteiger charge is -2.16. The Morgan fingerprint density at radius 1 is 1.04 bits per heavy atom. The van der Waals surface area contributed by atoms with Gasteiger partial charge >= 0.3 is 0 Å². The zero-order valence-electron chi connectivity index (χ0n) is 14.9. The maximum atomic E-state index is 12.6. The molecule has 1 aromatic heterocycles. The number of sulfonamides is 1. The second kappa shape index (κ2) is 8.14. The average molecular weight is 421 g/mol. The lowest BCUT2D eigenvalue weighted by Crippen LogP contribution is -2.27. The highest BCUT2D eigenvalue weighted by Crippen LogP contribution is 2.25. The maximum absolute atomic E-state index is 12.6. The van der Waals surface area contributed by atoms with Crippen molar-refractivity contribution in [1.82, 2.24) is 4.31 Å². The van der Waals surface area contributed by atoms with Gasteiger partial charge in [0, 0.05) is 29.8 Å². The van der Waals surface area contributed by atoms with E-state index in [2.05, 4.69) is 0 Å². The molecule has 0 saturated heterocycles.